The molecule has 6 heteroatoms. The molecule has 0 aliphatic carbocycles. The van der Waals surface area contributed by atoms with Crippen LogP contribution in [0.25, 0.3) is 0 Å². The maximum Gasteiger partial charge on any atom is 0.226 e. The van der Waals surface area contributed by atoms with Crippen LogP contribution in [0.1, 0.15) is 20.3 Å². The fraction of sp³-hybridized carbons (Fsp3) is 0.900. The Morgan fingerprint density at radius 1 is 1.50 bits per heavy atom. The van der Waals surface area contributed by atoms with Crippen molar-refractivity contribution in [2.45, 2.75) is 25.8 Å². The minimum atomic E-state index is -2.99. The Morgan fingerprint density at radius 3 is 2.44 bits per heavy atom. The van der Waals surface area contributed by atoms with Crippen LogP contribution < -0.4 is 0 Å². The van der Waals surface area contributed by atoms with Crippen LogP contribution in [0.15, 0.2) is 0 Å². The first-order chi connectivity index (χ1) is 7.19. The van der Waals surface area contributed by atoms with Crippen molar-refractivity contribution in [1.82, 2.24) is 4.90 Å². The number of nitrogens with zero attached hydrogens (tertiary/aromatic N) is 1. The van der Waals surface area contributed by atoms with Crippen molar-refractivity contribution in [3.8, 4) is 0 Å². The van der Waals surface area contributed by atoms with E-state index in [0.29, 0.717) is 11.8 Å². The third-order valence-corrected chi connectivity index (χ3v) is 6.29. The summed E-state index contributed by atoms with van der Waals surface area (Å²) >= 11 is 3.36. The summed E-state index contributed by atoms with van der Waals surface area (Å²) in [6, 6.07) is 0. The van der Waals surface area contributed by atoms with Gasteiger partial charge in [0, 0.05) is 17.9 Å². The zero-order chi connectivity index (χ0) is 12.6. The molecule has 1 saturated heterocycles. The molecule has 16 heavy (non-hydrogen) atoms. The van der Waals surface area contributed by atoms with Crippen LogP contribution in [0.3, 0.4) is 0 Å². The van der Waals surface area contributed by atoms with Crippen molar-refractivity contribution in [2.24, 2.45) is 5.92 Å². The lowest BCUT2D eigenvalue weighted by Crippen LogP contribution is -2.48. The van der Waals surface area contributed by atoms with Crippen LogP contribution in [0.2, 0.25) is 0 Å². The molecule has 0 spiro atoms. The minimum Gasteiger partial charge on any atom is -0.340 e. The normalized spacial score (nSPS) is 24.4. The maximum absolute atomic E-state index is 12.1. The number of rotatable bonds is 3. The molecule has 0 aromatic heterocycles. The molecule has 4 nitrogen and oxygen atoms in total. The monoisotopic (exact) mass is 311 g/mol. The first kappa shape index (κ1) is 14.0. The maximum atomic E-state index is 12.1. The van der Waals surface area contributed by atoms with E-state index in [-0.39, 0.29) is 28.9 Å². The van der Waals surface area contributed by atoms with Gasteiger partial charge in [-0.3, -0.25) is 4.79 Å². The van der Waals surface area contributed by atoms with E-state index in [4.69, 9.17) is 0 Å². The van der Waals surface area contributed by atoms with Gasteiger partial charge in [0.1, 0.15) is 0 Å². The number of hydrogen-bond acceptors (Lipinski definition) is 3. The van der Waals surface area contributed by atoms with Gasteiger partial charge >= 0.3 is 0 Å². The smallest absolute Gasteiger partial charge is 0.226 e. The van der Waals surface area contributed by atoms with Crippen LogP contribution in [-0.4, -0.2) is 48.6 Å². The quantitative estimate of drug-likeness (QED) is 0.732. The Balaban J connectivity index is 2.73. The van der Waals surface area contributed by atoms with E-state index in [9.17, 15) is 13.2 Å². The molecule has 1 aliphatic rings. The van der Waals surface area contributed by atoms with Crippen molar-refractivity contribution < 1.29 is 13.2 Å². The number of alkyl halides is 1. The highest BCUT2D eigenvalue weighted by Crippen LogP contribution is 2.24. The van der Waals surface area contributed by atoms with Crippen LogP contribution in [0.5, 0.6) is 0 Å². The number of hydrogen-bond donors (Lipinski definition) is 0. The summed E-state index contributed by atoms with van der Waals surface area (Å²) in [5.41, 5.74) is -0.288. The molecule has 1 fully saturated rings. The highest BCUT2D eigenvalue weighted by molar-refractivity contribution is 9.09. The minimum absolute atomic E-state index is 0.00847. The number of carbonyl (C=O) groups is 1. The first-order valence-electron chi connectivity index (χ1n) is 5.24. The van der Waals surface area contributed by atoms with Gasteiger partial charge in [0.25, 0.3) is 0 Å². The van der Waals surface area contributed by atoms with E-state index in [1.54, 1.807) is 11.9 Å². The van der Waals surface area contributed by atoms with Gasteiger partial charge in [0.15, 0.2) is 9.84 Å². The Labute approximate surface area is 105 Å². The van der Waals surface area contributed by atoms with Crippen LogP contribution in [-0.2, 0) is 14.6 Å². The summed E-state index contributed by atoms with van der Waals surface area (Å²) in [6.45, 7) is 3.90. The molecule has 1 heterocycles. The predicted molar refractivity (Wildman–Crippen MR) is 67.4 cm³/mol. The second-order valence-electron chi connectivity index (χ2n) is 4.94. The topological polar surface area (TPSA) is 54.5 Å². The van der Waals surface area contributed by atoms with Crippen LogP contribution in [0.4, 0.5) is 0 Å². The Morgan fingerprint density at radius 2 is 2.06 bits per heavy atom. The second kappa shape index (κ2) is 4.64. The van der Waals surface area contributed by atoms with Crippen molar-refractivity contribution in [3.63, 3.8) is 0 Å². The molecule has 0 N–H and O–H groups in total. The van der Waals surface area contributed by atoms with Gasteiger partial charge < -0.3 is 4.90 Å². The van der Waals surface area contributed by atoms with Gasteiger partial charge in [-0.2, -0.15) is 0 Å². The first-order valence-corrected chi connectivity index (χ1v) is 8.18. The number of amides is 1. The molecule has 0 aromatic rings. The van der Waals surface area contributed by atoms with Gasteiger partial charge in [-0.25, -0.2) is 8.42 Å². The zero-order valence-electron chi connectivity index (χ0n) is 9.86. The van der Waals surface area contributed by atoms with E-state index in [0.717, 1.165) is 0 Å². The Bertz CT molecular complexity index is 378. The molecule has 1 atom stereocenters. The van der Waals surface area contributed by atoms with Crippen molar-refractivity contribution >= 4 is 31.7 Å². The lowest BCUT2D eigenvalue weighted by molar-refractivity contribution is -0.137. The average molecular weight is 312 g/mol. The molecule has 1 aliphatic heterocycles. The van der Waals surface area contributed by atoms with E-state index in [2.05, 4.69) is 15.9 Å². The summed E-state index contributed by atoms with van der Waals surface area (Å²) < 4.78 is 22.6. The van der Waals surface area contributed by atoms with E-state index >= 15 is 0 Å². The van der Waals surface area contributed by atoms with Gasteiger partial charge in [0.2, 0.25) is 5.91 Å². The van der Waals surface area contributed by atoms with Crippen molar-refractivity contribution in [2.75, 3.05) is 23.9 Å². The lowest BCUT2D eigenvalue weighted by Gasteiger charge is -2.35. The van der Waals surface area contributed by atoms with Gasteiger partial charge in [0.05, 0.1) is 17.4 Å². The van der Waals surface area contributed by atoms with Gasteiger partial charge in [-0.1, -0.05) is 15.9 Å². The fourth-order valence-electron chi connectivity index (χ4n) is 1.65. The molecule has 1 rings (SSSR count). The van der Waals surface area contributed by atoms with E-state index in [1.807, 2.05) is 13.8 Å². The summed E-state index contributed by atoms with van der Waals surface area (Å²) in [4.78, 5) is 13.7. The molecular weight excluding hydrogens is 294 g/mol. The SMILES string of the molecule is CN(C(=O)C1CCS(=O)(=O)C1)C(C)(C)CBr. The molecule has 0 radical (unpaired) electrons. The average Bonchev–Trinajstić information content (AvgIpc) is 2.56. The summed E-state index contributed by atoms with van der Waals surface area (Å²) in [5.74, 6) is -0.264. The summed E-state index contributed by atoms with van der Waals surface area (Å²) in [6.07, 6.45) is 0.462. The molecule has 1 amide bonds. The lowest BCUT2D eigenvalue weighted by atomic mass is 10.0. The van der Waals surface area contributed by atoms with E-state index < -0.39 is 9.84 Å². The van der Waals surface area contributed by atoms with Crippen LogP contribution in [0, 0.1) is 5.92 Å². The number of halogens is 1. The second-order valence-corrected chi connectivity index (χ2v) is 7.73. The Hall–Kier alpha value is -0.100. The summed E-state index contributed by atoms with van der Waals surface area (Å²) in [5, 5.41) is 0.668. The number of carbonyl (C=O) groups excluding carboxylic acids is 1. The predicted octanol–water partition coefficient (Wildman–Crippen LogP) is 1.05. The molecular formula is C10H18BrNO3S. The zero-order valence-corrected chi connectivity index (χ0v) is 12.3. The largest absolute Gasteiger partial charge is 0.340 e. The van der Waals surface area contributed by atoms with Gasteiger partial charge in [-0.15, -0.1) is 0 Å². The highest BCUT2D eigenvalue weighted by Gasteiger charge is 2.37. The van der Waals surface area contributed by atoms with Crippen molar-refractivity contribution in [3.05, 3.63) is 0 Å². The van der Waals surface area contributed by atoms with Crippen molar-refractivity contribution in [1.29, 1.82) is 0 Å². The number of sulfone groups is 1. The highest BCUT2D eigenvalue weighted by atomic mass is 79.9. The third kappa shape index (κ3) is 2.97. The standard InChI is InChI=1S/C10H18BrNO3S/c1-10(2,7-11)12(3)9(13)8-4-5-16(14,15)6-8/h8H,4-7H2,1-3H3. The van der Waals surface area contributed by atoms with Gasteiger partial charge in [-0.05, 0) is 20.3 Å². The molecule has 0 saturated carbocycles. The molecule has 1 unspecified atom stereocenters. The van der Waals surface area contributed by atoms with E-state index in [1.165, 1.54) is 0 Å². The Kier molecular flexibility index (Phi) is 4.05. The fourth-order valence-corrected chi connectivity index (χ4v) is 3.76. The molecule has 0 bridgehead atoms. The molecule has 94 valence electrons. The van der Waals surface area contributed by atoms with Crippen LogP contribution >= 0.6 is 15.9 Å². The molecule has 0 aromatic carbocycles. The summed E-state index contributed by atoms with van der Waals surface area (Å²) in [7, 11) is -1.25. The third-order valence-electron chi connectivity index (χ3n) is 3.15.